The molecule has 1 aromatic heterocycles. The highest BCUT2D eigenvalue weighted by atomic mass is 35.5. The Morgan fingerprint density at radius 3 is 2.42 bits per heavy atom. The number of rotatable bonds is 7. The number of para-hydroxylation sites is 1. The Labute approximate surface area is 161 Å². The molecule has 0 aliphatic heterocycles. The van der Waals surface area contributed by atoms with Gasteiger partial charge in [0.2, 0.25) is 11.8 Å². The van der Waals surface area contributed by atoms with Gasteiger partial charge in [0, 0.05) is 24.0 Å². The van der Waals surface area contributed by atoms with Crippen LogP contribution in [0.5, 0.6) is 5.88 Å². The summed E-state index contributed by atoms with van der Waals surface area (Å²) in [6.07, 6.45) is -3.12. The van der Waals surface area contributed by atoms with Crippen LogP contribution >= 0.6 is 24.8 Å². The van der Waals surface area contributed by atoms with E-state index in [-0.39, 0.29) is 49.7 Å². The van der Waals surface area contributed by atoms with Crippen molar-refractivity contribution < 1.29 is 22.7 Å². The Hall–Kier alpha value is -2.19. The molecular weight excluding hydrogens is 394 g/mol. The molecule has 0 fully saturated rings. The normalized spacial score (nSPS) is 10.1. The average molecular weight is 412 g/mol. The van der Waals surface area contributed by atoms with Crippen molar-refractivity contribution in [2.24, 2.45) is 0 Å². The highest BCUT2D eigenvalue weighted by molar-refractivity contribution is 5.85. The number of benzene rings is 1. The number of nitrogens with one attached hydrogen (secondary N) is 2. The number of ether oxygens (including phenoxy) is 1. The van der Waals surface area contributed by atoms with E-state index in [0.717, 1.165) is 5.69 Å². The molecule has 0 aliphatic carbocycles. The molecule has 0 saturated carbocycles. The van der Waals surface area contributed by atoms with E-state index in [2.05, 4.69) is 20.4 Å². The molecule has 2 aromatic rings. The first-order valence-corrected chi connectivity index (χ1v) is 7.13. The van der Waals surface area contributed by atoms with Crippen LogP contribution in [0.3, 0.4) is 0 Å². The van der Waals surface area contributed by atoms with Crippen molar-refractivity contribution in [3.8, 4) is 5.88 Å². The number of hydrogen-bond acceptors (Lipinski definition) is 4. The molecule has 0 bridgehead atoms. The zero-order valence-corrected chi connectivity index (χ0v) is 15.1. The van der Waals surface area contributed by atoms with Gasteiger partial charge in [-0.3, -0.25) is 4.79 Å². The summed E-state index contributed by atoms with van der Waals surface area (Å²) in [5.41, 5.74) is 1.16. The number of carbonyl (C=O) groups is 1. The summed E-state index contributed by atoms with van der Waals surface area (Å²) < 4.78 is 41.3. The monoisotopic (exact) mass is 411 g/mol. The van der Waals surface area contributed by atoms with Crippen molar-refractivity contribution in [3.63, 3.8) is 0 Å². The number of hydrogen-bond donors (Lipinski definition) is 2. The number of amides is 1. The molecule has 0 atom stereocenters. The lowest BCUT2D eigenvalue weighted by atomic mass is 10.2. The zero-order chi connectivity index (χ0) is 17.4. The Bertz CT molecular complexity index is 673. The second-order valence-corrected chi connectivity index (χ2v) is 4.87. The van der Waals surface area contributed by atoms with Crippen LogP contribution < -0.4 is 15.4 Å². The summed E-state index contributed by atoms with van der Waals surface area (Å²) in [5.74, 6) is -0.448. The van der Waals surface area contributed by atoms with Gasteiger partial charge in [-0.25, -0.2) is 4.98 Å². The zero-order valence-electron chi connectivity index (χ0n) is 13.5. The second-order valence-electron chi connectivity index (χ2n) is 4.87. The van der Waals surface area contributed by atoms with Crippen LogP contribution in [-0.2, 0) is 11.3 Å². The maximum atomic E-state index is 12.2. The lowest BCUT2D eigenvalue weighted by Crippen LogP contribution is -2.29. The second kappa shape index (κ2) is 11.4. The fourth-order valence-electron chi connectivity index (χ4n) is 1.83. The Morgan fingerprint density at radius 1 is 1.08 bits per heavy atom. The first kappa shape index (κ1) is 23.8. The molecule has 0 aliphatic rings. The van der Waals surface area contributed by atoms with Gasteiger partial charge >= 0.3 is 6.18 Å². The van der Waals surface area contributed by atoms with E-state index in [9.17, 15) is 18.0 Å². The molecule has 1 amide bonds. The molecular formula is C16H18Cl2F3N3O2. The minimum atomic E-state index is -4.45. The number of carbonyl (C=O) groups excluding carboxylic acids is 1. The van der Waals surface area contributed by atoms with Crippen LogP contribution in [-0.4, -0.2) is 30.2 Å². The predicted molar refractivity (Wildman–Crippen MR) is 97.1 cm³/mol. The van der Waals surface area contributed by atoms with Crippen LogP contribution in [0.4, 0.5) is 18.9 Å². The maximum absolute atomic E-state index is 12.2. The van der Waals surface area contributed by atoms with Crippen molar-refractivity contribution in [2.75, 3.05) is 18.5 Å². The summed E-state index contributed by atoms with van der Waals surface area (Å²) in [5, 5.41) is 5.54. The number of pyridine rings is 1. The third-order valence-corrected chi connectivity index (χ3v) is 2.93. The molecule has 10 heteroatoms. The summed E-state index contributed by atoms with van der Waals surface area (Å²) in [4.78, 5) is 15.6. The molecule has 1 aromatic carbocycles. The van der Waals surface area contributed by atoms with Crippen LogP contribution in [0.15, 0.2) is 48.7 Å². The molecule has 2 rings (SSSR count). The number of alkyl halides is 3. The summed E-state index contributed by atoms with van der Waals surface area (Å²) in [7, 11) is 0. The standard InChI is InChI=1S/C16H16F3N3O2.2ClH/c17-16(18,19)11-24-15-12(5-4-8-20-15)9-22-14(23)10-21-13-6-2-1-3-7-13;;/h1-8,21H,9-11H2,(H,22,23);2*1H. The van der Waals surface area contributed by atoms with E-state index in [0.29, 0.717) is 5.56 Å². The smallest absolute Gasteiger partial charge is 0.422 e. The van der Waals surface area contributed by atoms with Crippen molar-refractivity contribution in [1.82, 2.24) is 10.3 Å². The van der Waals surface area contributed by atoms with E-state index < -0.39 is 12.8 Å². The number of aromatic nitrogens is 1. The van der Waals surface area contributed by atoms with Crippen molar-refractivity contribution in [1.29, 1.82) is 0 Å². The third kappa shape index (κ3) is 8.77. The lowest BCUT2D eigenvalue weighted by molar-refractivity contribution is -0.154. The largest absolute Gasteiger partial charge is 0.468 e. The van der Waals surface area contributed by atoms with Gasteiger partial charge in [0.1, 0.15) is 0 Å². The van der Waals surface area contributed by atoms with Gasteiger partial charge in [-0.15, -0.1) is 24.8 Å². The van der Waals surface area contributed by atoms with E-state index in [1.165, 1.54) is 6.20 Å². The quantitative estimate of drug-likeness (QED) is 0.730. The Morgan fingerprint density at radius 2 is 1.77 bits per heavy atom. The van der Waals surface area contributed by atoms with Gasteiger partial charge in [0.15, 0.2) is 6.61 Å². The van der Waals surface area contributed by atoms with Gasteiger partial charge in [-0.05, 0) is 18.2 Å². The van der Waals surface area contributed by atoms with Gasteiger partial charge in [-0.2, -0.15) is 13.2 Å². The molecule has 1 heterocycles. The van der Waals surface area contributed by atoms with Crippen LogP contribution in [0, 0.1) is 0 Å². The average Bonchev–Trinajstić information content (AvgIpc) is 2.57. The van der Waals surface area contributed by atoms with Crippen LogP contribution in [0.2, 0.25) is 0 Å². The molecule has 0 radical (unpaired) electrons. The minimum Gasteiger partial charge on any atom is -0.468 e. The van der Waals surface area contributed by atoms with Crippen molar-refractivity contribution >= 4 is 36.4 Å². The molecule has 26 heavy (non-hydrogen) atoms. The van der Waals surface area contributed by atoms with Crippen LogP contribution in [0.25, 0.3) is 0 Å². The molecule has 144 valence electrons. The summed E-state index contributed by atoms with van der Waals surface area (Å²) in [6.45, 7) is -1.36. The fourth-order valence-corrected chi connectivity index (χ4v) is 1.83. The highest BCUT2D eigenvalue weighted by Gasteiger charge is 2.29. The van der Waals surface area contributed by atoms with E-state index in [1.54, 1.807) is 12.1 Å². The van der Waals surface area contributed by atoms with Gasteiger partial charge < -0.3 is 15.4 Å². The lowest BCUT2D eigenvalue weighted by Gasteiger charge is -2.12. The SMILES string of the molecule is Cl.Cl.O=C(CNc1ccccc1)NCc1cccnc1OCC(F)(F)F. The maximum Gasteiger partial charge on any atom is 0.422 e. The first-order valence-electron chi connectivity index (χ1n) is 7.13. The van der Waals surface area contributed by atoms with Gasteiger partial charge in [0.05, 0.1) is 6.54 Å². The van der Waals surface area contributed by atoms with E-state index >= 15 is 0 Å². The van der Waals surface area contributed by atoms with E-state index in [4.69, 9.17) is 0 Å². The fraction of sp³-hybridized carbons (Fsp3) is 0.250. The third-order valence-electron chi connectivity index (χ3n) is 2.93. The van der Waals surface area contributed by atoms with Crippen molar-refractivity contribution in [2.45, 2.75) is 12.7 Å². The topological polar surface area (TPSA) is 63.2 Å². The Kier molecular flexibility index (Phi) is 10.5. The van der Waals surface area contributed by atoms with Crippen LogP contribution in [0.1, 0.15) is 5.56 Å². The van der Waals surface area contributed by atoms with Gasteiger partial charge in [0.25, 0.3) is 0 Å². The predicted octanol–water partition coefficient (Wildman–Crippen LogP) is 3.59. The minimum absolute atomic E-state index is 0. The van der Waals surface area contributed by atoms with Crippen molar-refractivity contribution in [3.05, 3.63) is 54.2 Å². The number of nitrogens with zero attached hydrogens (tertiary/aromatic N) is 1. The molecule has 5 nitrogen and oxygen atoms in total. The molecule has 0 unspecified atom stereocenters. The number of anilines is 1. The first-order chi connectivity index (χ1) is 11.4. The van der Waals surface area contributed by atoms with E-state index in [1.807, 2.05) is 30.3 Å². The molecule has 2 N–H and O–H groups in total. The molecule has 0 saturated heterocycles. The number of halogens is 5. The summed E-state index contributed by atoms with van der Waals surface area (Å²) in [6, 6.07) is 12.3. The highest BCUT2D eigenvalue weighted by Crippen LogP contribution is 2.19. The Balaban J connectivity index is 0.00000312. The molecule has 0 spiro atoms. The van der Waals surface area contributed by atoms with Gasteiger partial charge in [-0.1, -0.05) is 24.3 Å². The summed E-state index contributed by atoms with van der Waals surface area (Å²) >= 11 is 0.